The van der Waals surface area contributed by atoms with Crippen LogP contribution in [0.5, 0.6) is 0 Å². The minimum absolute atomic E-state index is 0.452. The summed E-state index contributed by atoms with van der Waals surface area (Å²) in [5.74, 6) is -0.463. The van der Waals surface area contributed by atoms with Gasteiger partial charge in [0, 0.05) is 41.1 Å². The van der Waals surface area contributed by atoms with Gasteiger partial charge in [0.05, 0.1) is 11.2 Å². The molecule has 6 heteroatoms. The maximum absolute atomic E-state index is 11.7. The molecule has 1 aromatic carbocycles. The molecule has 0 spiro atoms. The minimum Gasteiger partial charge on any atom is -0.366 e. The van der Waals surface area contributed by atoms with E-state index in [0.717, 1.165) is 44.8 Å². The molecule has 0 saturated heterocycles. The highest BCUT2D eigenvalue weighted by Gasteiger charge is 2.20. The summed E-state index contributed by atoms with van der Waals surface area (Å²) in [5.41, 5.74) is 12.2. The fourth-order valence-electron chi connectivity index (χ4n) is 3.30. The molecule has 0 fully saturated rings. The summed E-state index contributed by atoms with van der Waals surface area (Å²) >= 11 is 0. The average molecular weight is 357 g/mol. The minimum atomic E-state index is -0.463. The third kappa shape index (κ3) is 2.85. The van der Waals surface area contributed by atoms with E-state index in [-0.39, 0.29) is 0 Å². The fourth-order valence-corrected chi connectivity index (χ4v) is 3.30. The zero-order valence-electron chi connectivity index (χ0n) is 15.4. The van der Waals surface area contributed by atoms with Gasteiger partial charge in [-0.25, -0.2) is 0 Å². The molecule has 3 aromatic heterocycles. The van der Waals surface area contributed by atoms with Crippen molar-refractivity contribution in [3.8, 4) is 22.5 Å². The summed E-state index contributed by atoms with van der Waals surface area (Å²) < 4.78 is 1.85. The lowest BCUT2D eigenvalue weighted by molar-refractivity contribution is 0.100. The van der Waals surface area contributed by atoms with Gasteiger partial charge in [0.25, 0.3) is 0 Å². The van der Waals surface area contributed by atoms with Crippen LogP contribution in [0.3, 0.4) is 0 Å². The number of hydrogen-bond acceptors (Lipinski definition) is 4. The van der Waals surface area contributed by atoms with Crippen LogP contribution in [0.1, 0.15) is 21.7 Å². The molecule has 0 unspecified atom stereocenters. The lowest BCUT2D eigenvalue weighted by Crippen LogP contribution is -2.10. The molecule has 0 radical (unpaired) electrons. The highest BCUT2D eigenvalue weighted by atomic mass is 16.1. The van der Waals surface area contributed by atoms with Gasteiger partial charge in [-0.05, 0) is 55.8 Å². The predicted molar refractivity (Wildman–Crippen MR) is 105 cm³/mol. The van der Waals surface area contributed by atoms with Gasteiger partial charge < -0.3 is 5.73 Å². The molecule has 1 amide bonds. The van der Waals surface area contributed by atoms with E-state index >= 15 is 0 Å². The third-order valence-electron chi connectivity index (χ3n) is 4.76. The molecule has 0 aliphatic rings. The number of pyridine rings is 2. The van der Waals surface area contributed by atoms with E-state index in [1.807, 2.05) is 55.9 Å². The summed E-state index contributed by atoms with van der Waals surface area (Å²) in [6.07, 6.45) is 1.77. The van der Waals surface area contributed by atoms with Gasteiger partial charge in [-0.15, -0.1) is 0 Å². The van der Waals surface area contributed by atoms with E-state index in [2.05, 4.69) is 9.97 Å². The molecule has 0 aliphatic heterocycles. The highest BCUT2D eigenvalue weighted by molar-refractivity contribution is 6.03. The Balaban J connectivity index is 2.05. The molecule has 4 aromatic rings. The Bertz CT molecular complexity index is 1190. The maximum atomic E-state index is 11.7. The quantitative estimate of drug-likeness (QED) is 0.609. The molecule has 0 bridgehead atoms. The zero-order valence-corrected chi connectivity index (χ0v) is 15.4. The fraction of sp³-hybridized carbons (Fsp3) is 0.143. The average Bonchev–Trinajstić information content (AvgIpc) is 2.95. The number of fused-ring (bicyclic) bond motifs is 1. The Hall–Kier alpha value is -3.54. The smallest absolute Gasteiger partial charge is 0.248 e. The zero-order chi connectivity index (χ0) is 19.1. The Morgan fingerprint density at radius 1 is 1.11 bits per heavy atom. The van der Waals surface area contributed by atoms with Crippen molar-refractivity contribution in [2.24, 2.45) is 12.8 Å². The van der Waals surface area contributed by atoms with Crippen LogP contribution in [0.4, 0.5) is 0 Å². The molecule has 3 heterocycles. The monoisotopic (exact) mass is 357 g/mol. The van der Waals surface area contributed by atoms with Crippen LogP contribution in [0.25, 0.3) is 33.4 Å². The van der Waals surface area contributed by atoms with Crippen molar-refractivity contribution < 1.29 is 4.79 Å². The number of nitrogens with zero attached hydrogens (tertiary/aromatic N) is 4. The van der Waals surface area contributed by atoms with Crippen LogP contribution >= 0.6 is 0 Å². The molecule has 4 rings (SSSR count). The van der Waals surface area contributed by atoms with E-state index in [1.54, 1.807) is 18.3 Å². The molecule has 2 N–H and O–H groups in total. The van der Waals surface area contributed by atoms with Crippen LogP contribution in [0.15, 0.2) is 48.7 Å². The van der Waals surface area contributed by atoms with E-state index in [9.17, 15) is 4.79 Å². The summed E-state index contributed by atoms with van der Waals surface area (Å²) in [5, 5.41) is 5.56. The number of aryl methyl sites for hydroxylation is 2. The van der Waals surface area contributed by atoms with Crippen molar-refractivity contribution in [3.63, 3.8) is 0 Å². The Labute approximate surface area is 156 Å². The second-order valence-electron chi connectivity index (χ2n) is 6.55. The second-order valence-corrected chi connectivity index (χ2v) is 6.55. The van der Waals surface area contributed by atoms with Crippen LogP contribution in [-0.4, -0.2) is 25.7 Å². The summed E-state index contributed by atoms with van der Waals surface area (Å²) in [4.78, 5) is 20.7. The number of carbonyl (C=O) groups is 1. The maximum Gasteiger partial charge on any atom is 0.248 e. The molecule has 27 heavy (non-hydrogen) atoms. The summed E-state index contributed by atoms with van der Waals surface area (Å²) in [6, 6.07) is 13.1. The van der Waals surface area contributed by atoms with Gasteiger partial charge in [-0.2, -0.15) is 5.10 Å². The van der Waals surface area contributed by atoms with E-state index in [4.69, 9.17) is 10.8 Å². The highest BCUT2D eigenvalue weighted by Crippen LogP contribution is 2.37. The van der Waals surface area contributed by atoms with Gasteiger partial charge in [-0.1, -0.05) is 6.07 Å². The van der Waals surface area contributed by atoms with Crippen LogP contribution in [0.2, 0.25) is 0 Å². The third-order valence-corrected chi connectivity index (χ3v) is 4.76. The van der Waals surface area contributed by atoms with Crippen molar-refractivity contribution in [2.45, 2.75) is 13.8 Å². The van der Waals surface area contributed by atoms with Gasteiger partial charge in [0.1, 0.15) is 5.69 Å². The first-order chi connectivity index (χ1) is 13.0. The van der Waals surface area contributed by atoms with Crippen molar-refractivity contribution >= 4 is 16.8 Å². The normalized spacial score (nSPS) is 11.1. The van der Waals surface area contributed by atoms with Gasteiger partial charge in [-0.3, -0.25) is 19.4 Å². The van der Waals surface area contributed by atoms with E-state index in [1.165, 1.54) is 0 Å². The molecular formula is C21H19N5O. The number of carbonyl (C=O) groups excluding carboxylic acids is 1. The largest absolute Gasteiger partial charge is 0.366 e. The number of primary amides is 1. The number of benzene rings is 1. The van der Waals surface area contributed by atoms with Gasteiger partial charge in [0.15, 0.2) is 0 Å². The Morgan fingerprint density at radius 2 is 1.93 bits per heavy atom. The van der Waals surface area contributed by atoms with Crippen LogP contribution in [-0.2, 0) is 7.05 Å². The Morgan fingerprint density at radius 3 is 2.67 bits per heavy atom. The topological polar surface area (TPSA) is 86.7 Å². The van der Waals surface area contributed by atoms with E-state index in [0.29, 0.717) is 5.56 Å². The number of rotatable bonds is 3. The molecule has 0 atom stereocenters. The van der Waals surface area contributed by atoms with Crippen molar-refractivity contribution in [3.05, 3.63) is 65.6 Å². The summed E-state index contributed by atoms with van der Waals surface area (Å²) in [6.45, 7) is 3.98. The first-order valence-corrected chi connectivity index (χ1v) is 8.62. The standard InChI is InChI=1S/C21H19N5O/c1-12-5-4-6-18(24-12)20-19(13(2)26(3)25-20)15-9-10-23-17-8-7-14(21(22)27)11-16(15)17/h4-11H,1-3H3,(H2,22,27). The van der Waals surface area contributed by atoms with Crippen molar-refractivity contribution in [2.75, 3.05) is 0 Å². The lowest BCUT2D eigenvalue weighted by Gasteiger charge is -2.09. The molecule has 0 aliphatic carbocycles. The van der Waals surface area contributed by atoms with Gasteiger partial charge >= 0.3 is 0 Å². The number of aromatic nitrogens is 4. The first-order valence-electron chi connectivity index (χ1n) is 8.62. The van der Waals surface area contributed by atoms with E-state index < -0.39 is 5.91 Å². The second kappa shape index (κ2) is 6.32. The van der Waals surface area contributed by atoms with Gasteiger partial charge in [0.2, 0.25) is 5.91 Å². The Kier molecular flexibility index (Phi) is 3.96. The lowest BCUT2D eigenvalue weighted by atomic mass is 9.96. The van der Waals surface area contributed by atoms with Crippen molar-refractivity contribution in [1.82, 2.24) is 19.7 Å². The van der Waals surface area contributed by atoms with Crippen LogP contribution in [0, 0.1) is 13.8 Å². The molecule has 6 nitrogen and oxygen atoms in total. The number of amides is 1. The SMILES string of the molecule is Cc1cccc(-c2nn(C)c(C)c2-c2ccnc3ccc(C(N)=O)cc23)n1. The number of nitrogens with two attached hydrogens (primary N) is 1. The molecule has 134 valence electrons. The van der Waals surface area contributed by atoms with Crippen molar-refractivity contribution in [1.29, 1.82) is 0 Å². The molecule has 0 saturated carbocycles. The first kappa shape index (κ1) is 16.9. The number of hydrogen-bond donors (Lipinski definition) is 1. The van der Waals surface area contributed by atoms with Crippen LogP contribution < -0.4 is 5.73 Å². The molecular weight excluding hydrogens is 338 g/mol. The predicted octanol–water partition coefficient (Wildman–Crippen LogP) is 3.41. The summed E-state index contributed by atoms with van der Waals surface area (Å²) in [7, 11) is 1.91.